The second-order valence-corrected chi connectivity index (χ2v) is 5.15. The maximum absolute atomic E-state index is 3.94. The molecule has 1 aromatic heterocycles. The fourth-order valence-electron chi connectivity index (χ4n) is 1.56. The zero-order chi connectivity index (χ0) is 11.5. The van der Waals surface area contributed by atoms with E-state index in [0.29, 0.717) is 5.92 Å². The van der Waals surface area contributed by atoms with Crippen molar-refractivity contribution in [2.75, 3.05) is 6.54 Å². The third kappa shape index (κ3) is 4.00. The van der Waals surface area contributed by atoms with Crippen molar-refractivity contribution in [1.29, 1.82) is 0 Å². The van der Waals surface area contributed by atoms with Crippen LogP contribution < -0.4 is 5.32 Å². The van der Waals surface area contributed by atoms with Crippen LogP contribution in [0.15, 0.2) is 6.20 Å². The van der Waals surface area contributed by atoms with E-state index in [-0.39, 0.29) is 5.54 Å². The van der Waals surface area contributed by atoms with Gasteiger partial charge in [-0.2, -0.15) is 0 Å². The van der Waals surface area contributed by atoms with E-state index in [2.05, 4.69) is 43.3 Å². The van der Waals surface area contributed by atoms with E-state index in [9.17, 15) is 0 Å². The number of hydrogen-bond donors (Lipinski definition) is 1. The second kappa shape index (κ2) is 4.75. The van der Waals surface area contributed by atoms with Gasteiger partial charge in [-0.25, -0.2) is 0 Å². The van der Waals surface area contributed by atoms with Crippen molar-refractivity contribution in [1.82, 2.24) is 20.3 Å². The molecule has 0 amide bonds. The summed E-state index contributed by atoms with van der Waals surface area (Å²) in [6, 6.07) is 0. The summed E-state index contributed by atoms with van der Waals surface area (Å²) in [6.45, 7) is 9.79. The van der Waals surface area contributed by atoms with Gasteiger partial charge in [0.1, 0.15) is 0 Å². The largest absolute Gasteiger partial charge is 0.312 e. The van der Waals surface area contributed by atoms with Crippen LogP contribution in [0.5, 0.6) is 0 Å². The average Bonchev–Trinajstić information content (AvgIpc) is 2.48. The molecule has 1 unspecified atom stereocenters. The average molecular weight is 210 g/mol. The molecule has 86 valence electrons. The van der Waals surface area contributed by atoms with Crippen LogP contribution in [0, 0.1) is 0 Å². The summed E-state index contributed by atoms with van der Waals surface area (Å²) >= 11 is 0. The maximum Gasteiger partial charge on any atom is 0.0727 e. The molecule has 0 spiro atoms. The van der Waals surface area contributed by atoms with Crippen molar-refractivity contribution in [3.05, 3.63) is 11.9 Å². The molecule has 15 heavy (non-hydrogen) atoms. The van der Waals surface area contributed by atoms with Crippen LogP contribution in [-0.2, 0) is 7.05 Å². The van der Waals surface area contributed by atoms with E-state index in [4.69, 9.17) is 0 Å². The Kier molecular flexibility index (Phi) is 3.85. The molecular formula is C11H22N4. The van der Waals surface area contributed by atoms with Crippen molar-refractivity contribution in [2.24, 2.45) is 7.05 Å². The summed E-state index contributed by atoms with van der Waals surface area (Å²) in [4.78, 5) is 0. The van der Waals surface area contributed by atoms with Crippen LogP contribution in [0.3, 0.4) is 0 Å². The molecule has 0 radical (unpaired) electrons. The summed E-state index contributed by atoms with van der Waals surface area (Å²) in [6.07, 6.45) is 2.96. The first kappa shape index (κ1) is 12.2. The quantitative estimate of drug-likeness (QED) is 0.822. The number of aryl methyl sites for hydroxylation is 1. The monoisotopic (exact) mass is 210 g/mol. The summed E-state index contributed by atoms with van der Waals surface area (Å²) in [5, 5.41) is 11.3. The summed E-state index contributed by atoms with van der Waals surface area (Å²) in [7, 11) is 1.94. The third-order valence-corrected chi connectivity index (χ3v) is 2.49. The molecule has 1 heterocycles. The summed E-state index contributed by atoms with van der Waals surface area (Å²) in [5.74, 6) is 0.500. The van der Waals surface area contributed by atoms with Gasteiger partial charge >= 0.3 is 0 Å². The van der Waals surface area contributed by atoms with E-state index in [0.717, 1.165) is 13.0 Å². The Morgan fingerprint density at radius 3 is 2.60 bits per heavy atom. The van der Waals surface area contributed by atoms with Crippen molar-refractivity contribution < 1.29 is 0 Å². The Bertz CT molecular complexity index is 298. The standard InChI is InChI=1S/C11H22N4/c1-9(6-7-12-11(2,3)4)10-8-13-14-15(10)5/h8-9,12H,6-7H2,1-5H3. The number of aromatic nitrogens is 3. The van der Waals surface area contributed by atoms with E-state index in [1.807, 2.05) is 17.9 Å². The highest BCUT2D eigenvalue weighted by atomic mass is 15.4. The van der Waals surface area contributed by atoms with E-state index in [1.165, 1.54) is 5.69 Å². The van der Waals surface area contributed by atoms with Crippen molar-refractivity contribution in [3.63, 3.8) is 0 Å². The fourth-order valence-corrected chi connectivity index (χ4v) is 1.56. The molecule has 0 aliphatic heterocycles. The van der Waals surface area contributed by atoms with Gasteiger partial charge in [-0.3, -0.25) is 4.68 Å². The number of nitrogens with zero attached hydrogens (tertiary/aromatic N) is 3. The first-order valence-corrected chi connectivity index (χ1v) is 5.50. The first-order valence-electron chi connectivity index (χ1n) is 5.50. The lowest BCUT2D eigenvalue weighted by Gasteiger charge is -2.21. The molecule has 4 heteroatoms. The lowest BCUT2D eigenvalue weighted by Crippen LogP contribution is -2.36. The number of hydrogen-bond acceptors (Lipinski definition) is 3. The van der Waals surface area contributed by atoms with Crippen LogP contribution in [0.25, 0.3) is 0 Å². The molecule has 0 bridgehead atoms. The first-order chi connectivity index (χ1) is 6.90. The van der Waals surface area contributed by atoms with E-state index < -0.39 is 0 Å². The Morgan fingerprint density at radius 1 is 1.47 bits per heavy atom. The van der Waals surface area contributed by atoms with Gasteiger partial charge in [-0.1, -0.05) is 12.1 Å². The predicted octanol–water partition coefficient (Wildman–Crippen LogP) is 1.70. The molecule has 0 aromatic carbocycles. The fraction of sp³-hybridized carbons (Fsp3) is 0.818. The van der Waals surface area contributed by atoms with Crippen molar-refractivity contribution in [2.45, 2.75) is 45.6 Å². The number of rotatable bonds is 4. The van der Waals surface area contributed by atoms with Gasteiger partial charge in [0, 0.05) is 18.5 Å². The Balaban J connectivity index is 2.37. The minimum Gasteiger partial charge on any atom is -0.312 e. The minimum absolute atomic E-state index is 0.199. The van der Waals surface area contributed by atoms with Gasteiger partial charge in [0.2, 0.25) is 0 Å². The van der Waals surface area contributed by atoms with Crippen LogP contribution in [0.1, 0.15) is 45.7 Å². The molecule has 1 N–H and O–H groups in total. The molecular weight excluding hydrogens is 188 g/mol. The highest BCUT2D eigenvalue weighted by molar-refractivity contribution is 5.01. The predicted molar refractivity (Wildman–Crippen MR) is 61.8 cm³/mol. The molecule has 0 aliphatic carbocycles. The van der Waals surface area contributed by atoms with Gasteiger partial charge in [-0.15, -0.1) is 5.10 Å². The van der Waals surface area contributed by atoms with E-state index >= 15 is 0 Å². The molecule has 1 aromatic rings. The zero-order valence-corrected chi connectivity index (χ0v) is 10.4. The Labute approximate surface area is 92.1 Å². The smallest absolute Gasteiger partial charge is 0.0727 e. The molecule has 4 nitrogen and oxygen atoms in total. The van der Waals surface area contributed by atoms with Crippen LogP contribution in [0.4, 0.5) is 0 Å². The minimum atomic E-state index is 0.199. The topological polar surface area (TPSA) is 42.7 Å². The highest BCUT2D eigenvalue weighted by Gasteiger charge is 2.12. The lowest BCUT2D eigenvalue weighted by atomic mass is 10.0. The molecule has 0 saturated carbocycles. The lowest BCUT2D eigenvalue weighted by molar-refractivity contribution is 0.410. The van der Waals surface area contributed by atoms with Gasteiger partial charge in [0.25, 0.3) is 0 Å². The van der Waals surface area contributed by atoms with Crippen LogP contribution in [-0.4, -0.2) is 27.1 Å². The normalized spacial score (nSPS) is 14.2. The van der Waals surface area contributed by atoms with Crippen LogP contribution >= 0.6 is 0 Å². The van der Waals surface area contributed by atoms with Gasteiger partial charge in [0.15, 0.2) is 0 Å². The van der Waals surface area contributed by atoms with Crippen molar-refractivity contribution >= 4 is 0 Å². The molecule has 1 atom stereocenters. The summed E-state index contributed by atoms with van der Waals surface area (Å²) in [5.41, 5.74) is 1.40. The maximum atomic E-state index is 3.94. The molecule has 0 fully saturated rings. The highest BCUT2D eigenvalue weighted by Crippen LogP contribution is 2.16. The van der Waals surface area contributed by atoms with Gasteiger partial charge < -0.3 is 5.32 Å². The molecule has 0 aliphatic rings. The van der Waals surface area contributed by atoms with Gasteiger partial charge in [0.05, 0.1) is 11.9 Å². The summed E-state index contributed by atoms with van der Waals surface area (Å²) < 4.78 is 1.85. The number of nitrogens with one attached hydrogen (secondary N) is 1. The third-order valence-electron chi connectivity index (χ3n) is 2.49. The zero-order valence-electron chi connectivity index (χ0n) is 10.4. The Morgan fingerprint density at radius 2 is 2.13 bits per heavy atom. The second-order valence-electron chi connectivity index (χ2n) is 5.15. The molecule has 1 rings (SSSR count). The SMILES string of the molecule is CC(CCNC(C)(C)C)c1cnnn1C. The molecule has 0 saturated heterocycles. The van der Waals surface area contributed by atoms with Gasteiger partial charge in [-0.05, 0) is 33.7 Å². The Hall–Kier alpha value is -0.900. The van der Waals surface area contributed by atoms with Crippen LogP contribution in [0.2, 0.25) is 0 Å². The van der Waals surface area contributed by atoms with Crippen molar-refractivity contribution in [3.8, 4) is 0 Å². The van der Waals surface area contributed by atoms with E-state index in [1.54, 1.807) is 0 Å².